The third-order valence-electron chi connectivity index (χ3n) is 1.01. The predicted octanol–water partition coefficient (Wildman–Crippen LogP) is 0.195. The van der Waals surface area contributed by atoms with E-state index >= 15 is 0 Å². The van der Waals surface area contributed by atoms with E-state index in [1.807, 2.05) is 0 Å². The first-order valence-electron chi connectivity index (χ1n) is 3.05. The molecule has 4 nitrogen and oxygen atoms in total. The highest BCUT2D eigenvalue weighted by Gasteiger charge is 1.99. The Morgan fingerprint density at radius 2 is 2.30 bits per heavy atom. The summed E-state index contributed by atoms with van der Waals surface area (Å²) >= 11 is 0. The second kappa shape index (κ2) is 5.20. The minimum absolute atomic E-state index is 0.133. The minimum atomic E-state index is -0.608. The van der Waals surface area contributed by atoms with E-state index < -0.39 is 5.91 Å². The lowest BCUT2D eigenvalue weighted by Gasteiger charge is -2.08. The Morgan fingerprint density at radius 3 is 2.70 bits per heavy atom. The van der Waals surface area contributed by atoms with Gasteiger partial charge in [0.15, 0.2) is 6.29 Å². The smallest absolute Gasteiger partial charge is 0.240 e. The number of hydrogen-bond donors (Lipinski definition) is 0. The van der Waals surface area contributed by atoms with E-state index in [9.17, 15) is 4.79 Å². The Kier molecular flexibility index (Phi) is 4.88. The summed E-state index contributed by atoms with van der Waals surface area (Å²) in [5.74, 6) is -0.608. The SMILES string of the molecule is COC(C)OCCC([NH])=O. The molecule has 0 heterocycles. The largest absolute Gasteiger partial charge is 0.356 e. The van der Waals surface area contributed by atoms with Gasteiger partial charge >= 0.3 is 0 Å². The van der Waals surface area contributed by atoms with Crippen LogP contribution in [0, 0.1) is 0 Å². The van der Waals surface area contributed by atoms with Gasteiger partial charge in [-0.2, -0.15) is 0 Å². The lowest BCUT2D eigenvalue weighted by Crippen LogP contribution is -2.13. The van der Waals surface area contributed by atoms with E-state index in [1.54, 1.807) is 6.92 Å². The van der Waals surface area contributed by atoms with Crippen LogP contribution in [0.3, 0.4) is 0 Å². The number of amides is 1. The molecule has 0 rings (SSSR count). The highest BCUT2D eigenvalue weighted by atomic mass is 16.7. The van der Waals surface area contributed by atoms with E-state index in [0.717, 1.165) is 0 Å². The van der Waals surface area contributed by atoms with E-state index in [2.05, 4.69) is 0 Å². The van der Waals surface area contributed by atoms with Gasteiger partial charge in [0.05, 0.1) is 13.0 Å². The van der Waals surface area contributed by atoms with Crippen LogP contribution in [0.2, 0.25) is 0 Å². The predicted molar refractivity (Wildman–Crippen MR) is 35.1 cm³/mol. The van der Waals surface area contributed by atoms with Gasteiger partial charge < -0.3 is 9.47 Å². The van der Waals surface area contributed by atoms with Crippen LogP contribution in [-0.4, -0.2) is 25.9 Å². The second-order valence-corrected chi connectivity index (χ2v) is 1.85. The standard InChI is InChI=1S/C6H12NO3/c1-5(9-2)10-4-3-6(7)8/h5,7H,3-4H2,1-2H3. The molecule has 0 aliphatic carbocycles. The molecule has 0 saturated carbocycles. The summed E-state index contributed by atoms with van der Waals surface area (Å²) in [6, 6.07) is 0. The molecular formula is C6H12NO3. The molecule has 0 bridgehead atoms. The third-order valence-corrected chi connectivity index (χ3v) is 1.01. The van der Waals surface area contributed by atoms with Gasteiger partial charge in [-0.25, -0.2) is 0 Å². The molecule has 0 aliphatic heterocycles. The summed E-state index contributed by atoms with van der Waals surface area (Å²) in [6.45, 7) is 1.99. The lowest BCUT2D eigenvalue weighted by molar-refractivity contribution is -0.128. The van der Waals surface area contributed by atoms with Crippen LogP contribution in [-0.2, 0) is 14.3 Å². The van der Waals surface area contributed by atoms with Crippen molar-refractivity contribution >= 4 is 5.91 Å². The first kappa shape index (κ1) is 9.39. The molecule has 0 aromatic heterocycles. The molecule has 1 N–H and O–H groups in total. The van der Waals surface area contributed by atoms with Crippen LogP contribution in [0.4, 0.5) is 0 Å². The van der Waals surface area contributed by atoms with Gasteiger partial charge in [0, 0.05) is 7.11 Å². The summed E-state index contributed by atoms with van der Waals surface area (Å²) in [5.41, 5.74) is 6.52. The topological polar surface area (TPSA) is 59.3 Å². The van der Waals surface area contributed by atoms with Gasteiger partial charge in [-0.05, 0) is 6.92 Å². The van der Waals surface area contributed by atoms with Crippen LogP contribution in [0.15, 0.2) is 0 Å². The van der Waals surface area contributed by atoms with Crippen molar-refractivity contribution in [3.8, 4) is 0 Å². The zero-order valence-electron chi connectivity index (χ0n) is 6.22. The molecule has 1 unspecified atom stereocenters. The summed E-state index contributed by atoms with van der Waals surface area (Å²) in [6.07, 6.45) is -0.160. The number of hydrogen-bond acceptors (Lipinski definition) is 3. The number of methoxy groups -OCH3 is 1. The molecule has 0 aromatic carbocycles. The Bertz CT molecular complexity index is 105. The molecular weight excluding hydrogens is 134 g/mol. The maximum absolute atomic E-state index is 10.1. The maximum atomic E-state index is 10.1. The van der Waals surface area contributed by atoms with Gasteiger partial charge in [-0.1, -0.05) is 0 Å². The van der Waals surface area contributed by atoms with Crippen molar-refractivity contribution in [3.63, 3.8) is 0 Å². The molecule has 0 spiro atoms. The normalized spacial score (nSPS) is 13.0. The van der Waals surface area contributed by atoms with Gasteiger partial charge in [0.1, 0.15) is 0 Å². The molecule has 59 valence electrons. The summed E-state index contributed by atoms with van der Waals surface area (Å²) in [7, 11) is 1.52. The summed E-state index contributed by atoms with van der Waals surface area (Å²) in [4.78, 5) is 10.1. The first-order valence-corrected chi connectivity index (χ1v) is 3.05. The fourth-order valence-electron chi connectivity index (χ4n) is 0.386. The fraction of sp³-hybridized carbons (Fsp3) is 0.833. The van der Waals surface area contributed by atoms with Crippen molar-refractivity contribution in [3.05, 3.63) is 0 Å². The molecule has 4 heteroatoms. The van der Waals surface area contributed by atoms with E-state index in [4.69, 9.17) is 15.2 Å². The van der Waals surface area contributed by atoms with E-state index in [1.165, 1.54) is 7.11 Å². The van der Waals surface area contributed by atoms with Crippen LogP contribution in [0.1, 0.15) is 13.3 Å². The molecule has 0 fully saturated rings. The summed E-state index contributed by atoms with van der Waals surface area (Å²) < 4.78 is 9.68. The minimum Gasteiger partial charge on any atom is -0.356 e. The van der Waals surface area contributed by atoms with E-state index in [0.29, 0.717) is 0 Å². The Labute approximate surface area is 60.3 Å². The average Bonchev–Trinajstić information content (AvgIpc) is 1.87. The fourth-order valence-corrected chi connectivity index (χ4v) is 0.386. The molecule has 1 atom stereocenters. The van der Waals surface area contributed by atoms with Crippen molar-refractivity contribution in [2.45, 2.75) is 19.6 Å². The van der Waals surface area contributed by atoms with Gasteiger partial charge in [-0.3, -0.25) is 10.5 Å². The van der Waals surface area contributed by atoms with Crippen molar-refractivity contribution in [2.24, 2.45) is 0 Å². The average molecular weight is 146 g/mol. The monoisotopic (exact) mass is 146 g/mol. The van der Waals surface area contributed by atoms with Crippen LogP contribution in [0.25, 0.3) is 0 Å². The Balaban J connectivity index is 3.11. The Hall–Kier alpha value is -0.610. The van der Waals surface area contributed by atoms with Crippen molar-refractivity contribution in [1.82, 2.24) is 5.73 Å². The Morgan fingerprint density at radius 1 is 1.70 bits per heavy atom. The van der Waals surface area contributed by atoms with Crippen LogP contribution < -0.4 is 5.73 Å². The molecule has 10 heavy (non-hydrogen) atoms. The molecule has 0 aromatic rings. The zero-order valence-corrected chi connectivity index (χ0v) is 6.22. The number of ether oxygens (including phenoxy) is 2. The lowest BCUT2D eigenvalue weighted by atomic mass is 10.4. The highest BCUT2D eigenvalue weighted by Crippen LogP contribution is 1.91. The first-order chi connectivity index (χ1) is 4.66. The molecule has 0 aliphatic rings. The number of rotatable bonds is 5. The zero-order chi connectivity index (χ0) is 7.98. The van der Waals surface area contributed by atoms with Crippen LogP contribution in [0.5, 0.6) is 0 Å². The number of carbonyl (C=O) groups is 1. The highest BCUT2D eigenvalue weighted by molar-refractivity contribution is 5.72. The maximum Gasteiger partial charge on any atom is 0.240 e. The number of carbonyl (C=O) groups excluding carboxylic acids is 1. The molecule has 1 radical (unpaired) electrons. The van der Waals surface area contributed by atoms with Crippen molar-refractivity contribution in [2.75, 3.05) is 13.7 Å². The van der Waals surface area contributed by atoms with Gasteiger partial charge in [0.2, 0.25) is 5.91 Å². The van der Waals surface area contributed by atoms with Crippen LogP contribution >= 0.6 is 0 Å². The number of nitrogens with one attached hydrogen (secondary N) is 1. The summed E-state index contributed by atoms with van der Waals surface area (Å²) in [5, 5.41) is 0. The quantitative estimate of drug-likeness (QED) is 0.520. The van der Waals surface area contributed by atoms with Crippen molar-refractivity contribution in [1.29, 1.82) is 0 Å². The van der Waals surface area contributed by atoms with Gasteiger partial charge in [0.25, 0.3) is 0 Å². The van der Waals surface area contributed by atoms with Gasteiger partial charge in [-0.15, -0.1) is 0 Å². The third kappa shape index (κ3) is 5.53. The molecule has 0 saturated heterocycles. The van der Waals surface area contributed by atoms with Crippen molar-refractivity contribution < 1.29 is 14.3 Å². The molecule has 1 amide bonds. The second-order valence-electron chi connectivity index (χ2n) is 1.85. The van der Waals surface area contributed by atoms with E-state index in [-0.39, 0.29) is 19.3 Å².